The Morgan fingerprint density at radius 3 is 2.42 bits per heavy atom. The first kappa shape index (κ1) is 23.9. The van der Waals surface area contributed by atoms with E-state index >= 15 is 0 Å². The highest BCUT2D eigenvalue weighted by molar-refractivity contribution is 6.30. The molecule has 0 N–H and O–H groups in total. The number of hydrogen-bond acceptors (Lipinski definition) is 4. The lowest BCUT2D eigenvalue weighted by atomic mass is 10.0. The highest BCUT2D eigenvalue weighted by Gasteiger charge is 2.23. The van der Waals surface area contributed by atoms with Crippen molar-refractivity contribution in [3.8, 4) is 28.3 Å². The van der Waals surface area contributed by atoms with Crippen LogP contribution in [-0.2, 0) is 0 Å². The molecular formula is C30H25ClFN3O. The molecular weight excluding hydrogens is 473 g/mol. The topological polar surface area (TPSA) is 47.9 Å². The lowest BCUT2D eigenvalue weighted by molar-refractivity contribution is 0.415. The van der Waals surface area contributed by atoms with Crippen molar-refractivity contribution in [3.63, 3.8) is 0 Å². The normalized spacial score (nSPS) is 12.7. The van der Waals surface area contributed by atoms with Gasteiger partial charge in [-0.05, 0) is 90.9 Å². The van der Waals surface area contributed by atoms with E-state index in [0.717, 1.165) is 39.0 Å². The molecule has 5 aromatic rings. The third-order valence-corrected chi connectivity index (χ3v) is 6.49. The van der Waals surface area contributed by atoms with Crippen LogP contribution in [-0.4, -0.2) is 22.1 Å². The summed E-state index contributed by atoms with van der Waals surface area (Å²) in [6.07, 6.45) is 5.98. The van der Waals surface area contributed by atoms with E-state index < -0.39 is 0 Å². The molecule has 0 saturated heterocycles. The largest absolute Gasteiger partial charge is 0.497 e. The number of nitrogens with zero attached hydrogens (tertiary/aromatic N) is 3. The van der Waals surface area contributed by atoms with Gasteiger partial charge in [-0.15, -0.1) is 0 Å². The van der Waals surface area contributed by atoms with E-state index in [1.54, 1.807) is 25.6 Å². The molecule has 1 saturated carbocycles. The average Bonchev–Trinajstić information content (AvgIpc) is 3.77. The minimum absolute atomic E-state index is 0.245. The Bertz CT molecular complexity index is 1520. The fraction of sp³-hybridized carbons (Fsp3) is 0.167. The van der Waals surface area contributed by atoms with Gasteiger partial charge >= 0.3 is 0 Å². The van der Waals surface area contributed by atoms with Crippen molar-refractivity contribution in [1.29, 1.82) is 0 Å². The summed E-state index contributed by atoms with van der Waals surface area (Å²) in [7, 11) is 1.68. The van der Waals surface area contributed by atoms with Gasteiger partial charge in [0.15, 0.2) is 5.82 Å². The second-order valence-electron chi connectivity index (χ2n) is 8.79. The van der Waals surface area contributed by atoms with Crippen molar-refractivity contribution in [2.75, 3.05) is 7.11 Å². The van der Waals surface area contributed by atoms with Gasteiger partial charge in [-0.25, -0.2) is 14.4 Å². The molecule has 0 aliphatic heterocycles. The molecule has 6 rings (SSSR count). The van der Waals surface area contributed by atoms with Crippen LogP contribution in [0.4, 0.5) is 4.39 Å². The Balaban J connectivity index is 0.000000202. The molecule has 0 amide bonds. The van der Waals surface area contributed by atoms with Crippen LogP contribution < -0.4 is 4.74 Å². The number of methoxy groups -OCH3 is 1. The summed E-state index contributed by atoms with van der Waals surface area (Å²) < 4.78 is 18.0. The van der Waals surface area contributed by atoms with E-state index in [2.05, 4.69) is 28.2 Å². The fourth-order valence-corrected chi connectivity index (χ4v) is 4.26. The van der Waals surface area contributed by atoms with Crippen LogP contribution in [0.2, 0.25) is 5.02 Å². The minimum Gasteiger partial charge on any atom is -0.497 e. The van der Waals surface area contributed by atoms with Gasteiger partial charge in [-0.3, -0.25) is 4.98 Å². The Hall–Kier alpha value is -3.83. The second-order valence-corrected chi connectivity index (χ2v) is 9.19. The van der Waals surface area contributed by atoms with Crippen LogP contribution in [0, 0.1) is 12.7 Å². The van der Waals surface area contributed by atoms with E-state index in [9.17, 15) is 4.39 Å². The van der Waals surface area contributed by atoms with Gasteiger partial charge in [0.1, 0.15) is 11.6 Å². The highest BCUT2D eigenvalue weighted by atomic mass is 35.5. The Kier molecular flexibility index (Phi) is 6.92. The Labute approximate surface area is 214 Å². The highest BCUT2D eigenvalue weighted by Crippen LogP contribution is 2.41. The molecule has 2 heterocycles. The smallest absolute Gasteiger partial charge is 0.161 e. The summed E-state index contributed by atoms with van der Waals surface area (Å²) in [4.78, 5) is 13.5. The lowest BCUT2D eigenvalue weighted by Gasteiger charge is -2.09. The van der Waals surface area contributed by atoms with Gasteiger partial charge in [-0.1, -0.05) is 35.9 Å². The number of rotatable bonds is 4. The van der Waals surface area contributed by atoms with Crippen LogP contribution in [0.3, 0.4) is 0 Å². The standard InChI is InChI=1S/C21H17N3O.C9H8ClF/c1-14-19-12-16(15-5-3-7-18(11-15)25-2)8-9-20(19)24-21(23-14)17-6-4-10-22-13-17;10-8-5-7(6-1-2-6)3-4-9(8)11/h3-13H,1-2H3;3-6H,1-2H2. The third-order valence-electron chi connectivity index (χ3n) is 6.20. The molecule has 0 spiro atoms. The van der Waals surface area contributed by atoms with Crippen LogP contribution in [0.1, 0.15) is 30.0 Å². The fourth-order valence-electron chi connectivity index (χ4n) is 4.07. The number of pyridine rings is 1. The average molecular weight is 498 g/mol. The quantitative estimate of drug-likeness (QED) is 0.252. The van der Waals surface area contributed by atoms with Crippen molar-refractivity contribution in [2.24, 2.45) is 0 Å². The zero-order valence-electron chi connectivity index (χ0n) is 20.1. The molecule has 0 unspecified atom stereocenters. The molecule has 0 bridgehead atoms. The summed E-state index contributed by atoms with van der Waals surface area (Å²) in [5.74, 6) is 1.87. The second kappa shape index (κ2) is 10.4. The molecule has 36 heavy (non-hydrogen) atoms. The van der Waals surface area contributed by atoms with Crippen LogP contribution in [0.15, 0.2) is 85.2 Å². The predicted octanol–water partition coefficient (Wildman–Crippen LogP) is 8.03. The van der Waals surface area contributed by atoms with E-state index in [-0.39, 0.29) is 10.8 Å². The summed E-state index contributed by atoms with van der Waals surface area (Å²) in [5.41, 5.74) is 6.21. The molecule has 3 aromatic carbocycles. The SMILES string of the molecule is COc1cccc(-c2ccc3nc(-c4cccnc4)nc(C)c3c2)c1.Fc1ccc(C2CC2)cc1Cl. The first-order chi connectivity index (χ1) is 17.5. The van der Waals surface area contributed by atoms with Crippen LogP contribution >= 0.6 is 11.6 Å². The number of halogens is 2. The number of aromatic nitrogens is 3. The number of aryl methyl sites for hydroxylation is 1. The molecule has 1 aliphatic rings. The first-order valence-corrected chi connectivity index (χ1v) is 12.2. The number of hydrogen-bond donors (Lipinski definition) is 0. The molecule has 2 aromatic heterocycles. The maximum atomic E-state index is 12.7. The van der Waals surface area contributed by atoms with Gasteiger partial charge in [0.25, 0.3) is 0 Å². The number of fused-ring (bicyclic) bond motifs is 1. The summed E-state index contributed by atoms with van der Waals surface area (Å²) in [5, 5.41) is 1.29. The first-order valence-electron chi connectivity index (χ1n) is 11.8. The summed E-state index contributed by atoms with van der Waals surface area (Å²) in [6, 6.07) is 23.1. The predicted molar refractivity (Wildman–Crippen MR) is 143 cm³/mol. The number of ether oxygens (including phenoxy) is 1. The van der Waals surface area contributed by atoms with Crippen molar-refractivity contribution in [2.45, 2.75) is 25.7 Å². The van der Waals surface area contributed by atoms with Crippen molar-refractivity contribution in [3.05, 3.63) is 107 Å². The maximum Gasteiger partial charge on any atom is 0.161 e. The van der Waals surface area contributed by atoms with Gasteiger partial charge in [0, 0.05) is 29.0 Å². The van der Waals surface area contributed by atoms with Gasteiger partial charge in [-0.2, -0.15) is 0 Å². The van der Waals surface area contributed by atoms with Gasteiger partial charge in [0.05, 0.1) is 17.6 Å². The van der Waals surface area contributed by atoms with Crippen molar-refractivity contribution < 1.29 is 9.13 Å². The molecule has 0 atom stereocenters. The molecule has 6 heteroatoms. The van der Waals surface area contributed by atoms with Gasteiger partial charge in [0.2, 0.25) is 0 Å². The van der Waals surface area contributed by atoms with E-state index in [4.69, 9.17) is 21.3 Å². The zero-order chi connectivity index (χ0) is 25.1. The summed E-state index contributed by atoms with van der Waals surface area (Å²) >= 11 is 5.61. The number of benzene rings is 3. The van der Waals surface area contributed by atoms with Crippen LogP contribution in [0.25, 0.3) is 33.4 Å². The zero-order valence-corrected chi connectivity index (χ0v) is 20.8. The Morgan fingerprint density at radius 1 is 0.889 bits per heavy atom. The van der Waals surface area contributed by atoms with E-state index in [1.165, 1.54) is 24.5 Å². The van der Waals surface area contributed by atoms with Crippen molar-refractivity contribution in [1.82, 2.24) is 15.0 Å². The van der Waals surface area contributed by atoms with E-state index in [0.29, 0.717) is 11.7 Å². The monoisotopic (exact) mass is 497 g/mol. The molecule has 4 nitrogen and oxygen atoms in total. The van der Waals surface area contributed by atoms with Crippen LogP contribution in [0.5, 0.6) is 5.75 Å². The molecule has 1 aliphatic carbocycles. The van der Waals surface area contributed by atoms with Gasteiger partial charge < -0.3 is 4.74 Å². The third kappa shape index (κ3) is 5.37. The lowest BCUT2D eigenvalue weighted by Crippen LogP contribution is -1.95. The molecule has 180 valence electrons. The van der Waals surface area contributed by atoms with E-state index in [1.807, 2.05) is 49.4 Å². The molecule has 1 fully saturated rings. The Morgan fingerprint density at radius 2 is 1.69 bits per heavy atom. The molecule has 0 radical (unpaired) electrons. The van der Waals surface area contributed by atoms with Crippen molar-refractivity contribution >= 4 is 22.5 Å². The maximum absolute atomic E-state index is 12.7. The minimum atomic E-state index is -0.323. The summed E-state index contributed by atoms with van der Waals surface area (Å²) in [6.45, 7) is 2.01.